The van der Waals surface area contributed by atoms with Crippen molar-refractivity contribution in [1.82, 2.24) is 5.32 Å². The summed E-state index contributed by atoms with van der Waals surface area (Å²) < 4.78 is 11.2. The number of ether oxygens (including phenoxy) is 2. The van der Waals surface area contributed by atoms with Gasteiger partial charge in [0.05, 0.1) is 5.02 Å². The van der Waals surface area contributed by atoms with Gasteiger partial charge in [0.15, 0.2) is 11.5 Å². The van der Waals surface area contributed by atoms with Crippen molar-refractivity contribution in [2.75, 3.05) is 26.3 Å². The van der Waals surface area contributed by atoms with E-state index in [0.29, 0.717) is 42.2 Å². The van der Waals surface area contributed by atoms with E-state index >= 15 is 0 Å². The lowest BCUT2D eigenvalue weighted by Crippen LogP contribution is -2.32. The molecule has 0 saturated heterocycles. The molecule has 1 aliphatic rings. The number of halogens is 1. The topological polar surface area (TPSA) is 56.5 Å². The van der Waals surface area contributed by atoms with Crippen LogP contribution in [0.1, 0.15) is 38.3 Å². The first-order valence-corrected chi connectivity index (χ1v) is 8.09. The quantitative estimate of drug-likeness (QED) is 0.812. The maximum atomic E-state index is 6.29. The molecule has 1 unspecified atom stereocenters. The van der Waals surface area contributed by atoms with Gasteiger partial charge in [-0.3, -0.25) is 0 Å². The molecule has 1 aromatic rings. The number of hydrogen-bond acceptors (Lipinski definition) is 4. The summed E-state index contributed by atoms with van der Waals surface area (Å²) in [5.74, 6) is 2.03. The predicted octanol–water partition coefficient (Wildman–Crippen LogP) is 3.14. The van der Waals surface area contributed by atoms with Crippen LogP contribution in [0.2, 0.25) is 5.02 Å². The largest absolute Gasteiger partial charge is 0.486 e. The lowest BCUT2D eigenvalue weighted by atomic mass is 10.0. The lowest BCUT2D eigenvalue weighted by Gasteiger charge is -2.24. The molecule has 0 fully saturated rings. The van der Waals surface area contributed by atoms with Crippen LogP contribution in [0.25, 0.3) is 0 Å². The Hall–Kier alpha value is -0.970. The van der Waals surface area contributed by atoms with Gasteiger partial charge in [0.2, 0.25) is 0 Å². The third-order valence-electron chi connectivity index (χ3n) is 4.06. The van der Waals surface area contributed by atoms with Crippen molar-refractivity contribution in [3.63, 3.8) is 0 Å². The van der Waals surface area contributed by atoms with Crippen molar-refractivity contribution < 1.29 is 9.47 Å². The van der Waals surface area contributed by atoms with Gasteiger partial charge in [-0.2, -0.15) is 0 Å². The van der Waals surface area contributed by atoms with Crippen molar-refractivity contribution in [1.29, 1.82) is 0 Å². The summed E-state index contributed by atoms with van der Waals surface area (Å²) in [6, 6.07) is 3.99. The SMILES string of the molecule is CCC(CC)CNC(CN)c1cc(Cl)c2c(c1)OCCO2. The van der Waals surface area contributed by atoms with Gasteiger partial charge in [-0.25, -0.2) is 0 Å². The molecule has 0 aliphatic carbocycles. The standard InChI is InChI=1S/C16H25ClN2O2/c1-3-11(4-2)10-19-14(9-18)12-7-13(17)16-15(8-12)20-5-6-21-16/h7-8,11,14,19H,3-6,9-10,18H2,1-2H3. The van der Waals surface area contributed by atoms with Crippen LogP contribution in [0.4, 0.5) is 0 Å². The Morgan fingerprint density at radius 1 is 1.24 bits per heavy atom. The van der Waals surface area contributed by atoms with E-state index in [1.165, 1.54) is 12.8 Å². The van der Waals surface area contributed by atoms with Crippen LogP contribution in [0, 0.1) is 5.92 Å². The zero-order chi connectivity index (χ0) is 15.2. The highest BCUT2D eigenvalue weighted by Crippen LogP contribution is 2.39. The highest BCUT2D eigenvalue weighted by molar-refractivity contribution is 6.32. The zero-order valence-corrected chi connectivity index (χ0v) is 13.6. The van der Waals surface area contributed by atoms with E-state index in [1.807, 2.05) is 12.1 Å². The van der Waals surface area contributed by atoms with Crippen LogP contribution in [-0.2, 0) is 0 Å². The molecule has 2 rings (SSSR count). The Labute approximate surface area is 131 Å². The highest BCUT2D eigenvalue weighted by Gasteiger charge is 2.20. The first-order chi connectivity index (χ1) is 10.2. The van der Waals surface area contributed by atoms with Crippen LogP contribution < -0.4 is 20.5 Å². The van der Waals surface area contributed by atoms with Gasteiger partial charge in [-0.1, -0.05) is 38.3 Å². The van der Waals surface area contributed by atoms with Crippen LogP contribution in [-0.4, -0.2) is 26.3 Å². The van der Waals surface area contributed by atoms with Gasteiger partial charge in [0.25, 0.3) is 0 Å². The van der Waals surface area contributed by atoms with Crippen LogP contribution in [0.15, 0.2) is 12.1 Å². The summed E-state index contributed by atoms with van der Waals surface area (Å²) in [4.78, 5) is 0. The van der Waals surface area contributed by atoms with E-state index in [9.17, 15) is 0 Å². The van der Waals surface area contributed by atoms with Crippen molar-refractivity contribution in [2.45, 2.75) is 32.7 Å². The summed E-state index contributed by atoms with van der Waals surface area (Å²) >= 11 is 6.29. The van der Waals surface area contributed by atoms with Crippen molar-refractivity contribution in [2.24, 2.45) is 11.7 Å². The van der Waals surface area contributed by atoms with E-state index in [0.717, 1.165) is 12.1 Å². The normalized spacial score (nSPS) is 15.3. The summed E-state index contributed by atoms with van der Waals surface area (Å²) in [7, 11) is 0. The summed E-state index contributed by atoms with van der Waals surface area (Å²) in [6.07, 6.45) is 2.34. The van der Waals surface area contributed by atoms with Gasteiger partial charge in [-0.15, -0.1) is 0 Å². The van der Waals surface area contributed by atoms with Gasteiger partial charge in [0, 0.05) is 12.6 Å². The van der Waals surface area contributed by atoms with E-state index in [-0.39, 0.29) is 6.04 Å². The molecule has 0 spiro atoms. The van der Waals surface area contributed by atoms with Crippen molar-refractivity contribution >= 4 is 11.6 Å². The number of hydrogen-bond donors (Lipinski definition) is 2. The molecule has 3 N–H and O–H groups in total. The second-order valence-electron chi connectivity index (χ2n) is 5.41. The van der Waals surface area contributed by atoms with Crippen LogP contribution in [0.5, 0.6) is 11.5 Å². The molecule has 4 nitrogen and oxygen atoms in total. The van der Waals surface area contributed by atoms with E-state index in [1.54, 1.807) is 0 Å². The van der Waals surface area contributed by atoms with Crippen LogP contribution in [0.3, 0.4) is 0 Å². The average molecular weight is 313 g/mol. The summed E-state index contributed by atoms with van der Waals surface area (Å²) in [5.41, 5.74) is 6.98. The predicted molar refractivity (Wildman–Crippen MR) is 86.3 cm³/mol. The van der Waals surface area contributed by atoms with E-state index in [4.69, 9.17) is 26.8 Å². The number of rotatable bonds is 7. The fraction of sp³-hybridized carbons (Fsp3) is 0.625. The molecule has 0 aromatic heterocycles. The number of benzene rings is 1. The van der Waals surface area contributed by atoms with Gasteiger partial charge < -0.3 is 20.5 Å². The molecule has 0 radical (unpaired) electrons. The van der Waals surface area contributed by atoms with Crippen molar-refractivity contribution in [3.05, 3.63) is 22.7 Å². The Morgan fingerprint density at radius 2 is 1.95 bits per heavy atom. The smallest absolute Gasteiger partial charge is 0.179 e. The van der Waals surface area contributed by atoms with Crippen LogP contribution >= 0.6 is 11.6 Å². The molecule has 1 atom stereocenters. The fourth-order valence-electron chi connectivity index (χ4n) is 2.56. The summed E-state index contributed by atoms with van der Waals surface area (Å²) in [6.45, 7) is 7.01. The molecule has 1 aliphatic heterocycles. The molecule has 5 heteroatoms. The molecular weight excluding hydrogens is 288 g/mol. The first-order valence-electron chi connectivity index (χ1n) is 7.72. The number of nitrogens with two attached hydrogens (primary N) is 1. The Kier molecular flexibility index (Phi) is 6.15. The Balaban J connectivity index is 2.12. The minimum Gasteiger partial charge on any atom is -0.486 e. The molecule has 0 amide bonds. The third-order valence-corrected chi connectivity index (χ3v) is 4.35. The minimum atomic E-state index is 0.0823. The van der Waals surface area contributed by atoms with Crippen molar-refractivity contribution in [3.8, 4) is 11.5 Å². The minimum absolute atomic E-state index is 0.0823. The molecule has 0 saturated carbocycles. The molecule has 0 bridgehead atoms. The molecular formula is C16H25ClN2O2. The Morgan fingerprint density at radius 3 is 2.62 bits per heavy atom. The average Bonchev–Trinajstić information content (AvgIpc) is 2.52. The van der Waals surface area contributed by atoms with Gasteiger partial charge in [0.1, 0.15) is 13.2 Å². The molecule has 21 heavy (non-hydrogen) atoms. The molecule has 118 valence electrons. The lowest BCUT2D eigenvalue weighted by molar-refractivity contribution is 0.171. The zero-order valence-electron chi connectivity index (χ0n) is 12.8. The third kappa shape index (κ3) is 4.02. The molecule has 1 heterocycles. The maximum absolute atomic E-state index is 6.29. The molecule has 1 aromatic carbocycles. The van der Waals surface area contributed by atoms with Gasteiger partial charge in [-0.05, 0) is 30.2 Å². The van der Waals surface area contributed by atoms with Gasteiger partial charge >= 0.3 is 0 Å². The Bertz CT molecular complexity index is 464. The highest BCUT2D eigenvalue weighted by atomic mass is 35.5. The number of nitrogens with one attached hydrogen (secondary N) is 1. The monoisotopic (exact) mass is 312 g/mol. The fourth-order valence-corrected chi connectivity index (χ4v) is 2.83. The number of fused-ring (bicyclic) bond motifs is 1. The maximum Gasteiger partial charge on any atom is 0.179 e. The van der Waals surface area contributed by atoms with E-state index < -0.39 is 0 Å². The van der Waals surface area contributed by atoms with E-state index in [2.05, 4.69) is 19.2 Å². The first kappa shape index (κ1) is 16.4. The summed E-state index contributed by atoms with van der Waals surface area (Å²) in [5, 5.41) is 4.13. The second-order valence-corrected chi connectivity index (χ2v) is 5.81. The second kappa shape index (κ2) is 7.87.